The third-order valence-corrected chi connectivity index (χ3v) is 2.22. The summed E-state index contributed by atoms with van der Waals surface area (Å²) in [5.41, 5.74) is -0.478. The quantitative estimate of drug-likeness (QED) is 0.667. The summed E-state index contributed by atoms with van der Waals surface area (Å²) in [6.45, 7) is 7.39. The van der Waals surface area contributed by atoms with Gasteiger partial charge in [-0.05, 0) is 34.1 Å². The molecule has 0 aliphatic carbocycles. The molecule has 1 aliphatic rings. The van der Waals surface area contributed by atoms with Crippen LogP contribution in [0.4, 0.5) is 0 Å². The number of rotatable bonds is 1. The average molecular weight is 213 g/mol. The molecule has 0 aromatic rings. The van der Waals surface area contributed by atoms with Crippen molar-refractivity contribution in [2.24, 2.45) is 5.92 Å². The van der Waals surface area contributed by atoms with Gasteiger partial charge in [0, 0.05) is 12.5 Å². The molecule has 0 radical (unpaired) electrons. The van der Waals surface area contributed by atoms with E-state index in [1.807, 2.05) is 27.7 Å². The number of carbonyl (C=O) groups excluding carboxylic acids is 2. The summed E-state index contributed by atoms with van der Waals surface area (Å²) in [6.07, 6.45) is 0.917. The van der Waals surface area contributed by atoms with Crippen LogP contribution in [0, 0.1) is 5.92 Å². The van der Waals surface area contributed by atoms with Crippen molar-refractivity contribution < 1.29 is 14.3 Å². The first-order valence-electron chi connectivity index (χ1n) is 5.30. The lowest BCUT2D eigenvalue weighted by Gasteiger charge is -2.29. The Bertz CT molecular complexity index is 267. The molecule has 4 heteroatoms. The van der Waals surface area contributed by atoms with Crippen molar-refractivity contribution >= 4 is 11.9 Å². The van der Waals surface area contributed by atoms with Gasteiger partial charge in [-0.25, -0.2) is 0 Å². The van der Waals surface area contributed by atoms with Gasteiger partial charge in [0.15, 0.2) is 0 Å². The van der Waals surface area contributed by atoms with E-state index in [4.69, 9.17) is 4.74 Å². The van der Waals surface area contributed by atoms with Gasteiger partial charge in [-0.1, -0.05) is 0 Å². The van der Waals surface area contributed by atoms with Crippen LogP contribution in [0.3, 0.4) is 0 Å². The van der Waals surface area contributed by atoms with Gasteiger partial charge in [0.25, 0.3) is 0 Å². The highest BCUT2D eigenvalue weighted by Gasteiger charge is 2.32. The molecule has 2 atom stereocenters. The third-order valence-electron chi connectivity index (χ3n) is 2.22. The Morgan fingerprint density at radius 3 is 2.53 bits per heavy atom. The fourth-order valence-electron chi connectivity index (χ4n) is 1.69. The summed E-state index contributed by atoms with van der Waals surface area (Å²) < 4.78 is 5.25. The Hall–Kier alpha value is -1.06. The predicted octanol–water partition coefficient (Wildman–Crippen LogP) is 1.24. The van der Waals surface area contributed by atoms with E-state index in [1.165, 1.54) is 0 Å². The summed E-state index contributed by atoms with van der Waals surface area (Å²) in [6, 6.07) is 0.0590. The van der Waals surface area contributed by atoms with Crippen molar-refractivity contribution in [2.75, 3.05) is 0 Å². The topological polar surface area (TPSA) is 55.4 Å². The van der Waals surface area contributed by atoms with E-state index < -0.39 is 5.60 Å². The molecule has 86 valence electrons. The molecule has 1 amide bonds. The Morgan fingerprint density at radius 2 is 2.07 bits per heavy atom. The van der Waals surface area contributed by atoms with Crippen LogP contribution in [-0.4, -0.2) is 23.5 Å². The molecule has 15 heavy (non-hydrogen) atoms. The van der Waals surface area contributed by atoms with Crippen LogP contribution in [0.2, 0.25) is 0 Å². The van der Waals surface area contributed by atoms with Crippen LogP contribution < -0.4 is 5.32 Å². The zero-order valence-corrected chi connectivity index (χ0v) is 9.79. The number of carbonyl (C=O) groups is 2. The molecular weight excluding hydrogens is 194 g/mol. The molecule has 0 bridgehead atoms. The van der Waals surface area contributed by atoms with Crippen molar-refractivity contribution in [1.29, 1.82) is 0 Å². The molecule has 1 fully saturated rings. The lowest BCUT2D eigenvalue weighted by Crippen LogP contribution is -2.44. The molecule has 1 unspecified atom stereocenters. The first kappa shape index (κ1) is 12.0. The highest BCUT2D eigenvalue weighted by atomic mass is 16.6. The maximum absolute atomic E-state index is 11.7. The highest BCUT2D eigenvalue weighted by Crippen LogP contribution is 2.21. The SMILES string of the molecule is C[C@H]1CC(C(=O)OC(C)(C)C)CC(=O)N1. The zero-order valence-electron chi connectivity index (χ0n) is 9.79. The van der Waals surface area contributed by atoms with E-state index >= 15 is 0 Å². The molecule has 0 spiro atoms. The van der Waals surface area contributed by atoms with Crippen molar-refractivity contribution in [1.82, 2.24) is 5.32 Å². The minimum absolute atomic E-state index is 0.0590. The van der Waals surface area contributed by atoms with Gasteiger partial charge < -0.3 is 10.1 Å². The van der Waals surface area contributed by atoms with E-state index in [1.54, 1.807) is 0 Å². The van der Waals surface area contributed by atoms with Crippen molar-refractivity contribution in [3.63, 3.8) is 0 Å². The molecule has 1 aliphatic heterocycles. The summed E-state index contributed by atoms with van der Waals surface area (Å²) in [7, 11) is 0. The van der Waals surface area contributed by atoms with E-state index in [2.05, 4.69) is 5.32 Å². The Labute approximate surface area is 90.4 Å². The van der Waals surface area contributed by atoms with Crippen LogP contribution in [0.25, 0.3) is 0 Å². The predicted molar refractivity (Wildman–Crippen MR) is 56.2 cm³/mol. The minimum Gasteiger partial charge on any atom is -0.460 e. The Balaban J connectivity index is 2.56. The number of hydrogen-bond donors (Lipinski definition) is 1. The average Bonchev–Trinajstić information content (AvgIpc) is 1.98. The molecule has 1 rings (SSSR count). The van der Waals surface area contributed by atoms with Crippen LogP contribution in [0.1, 0.15) is 40.5 Å². The van der Waals surface area contributed by atoms with Crippen molar-refractivity contribution in [3.8, 4) is 0 Å². The summed E-state index contributed by atoms with van der Waals surface area (Å²) in [5, 5.41) is 2.78. The second kappa shape index (κ2) is 4.21. The third kappa shape index (κ3) is 3.90. The number of amides is 1. The fraction of sp³-hybridized carbons (Fsp3) is 0.818. The molecule has 0 aromatic heterocycles. The van der Waals surface area contributed by atoms with Gasteiger partial charge in [-0.15, -0.1) is 0 Å². The summed E-state index contributed by atoms with van der Waals surface area (Å²) in [4.78, 5) is 22.9. The molecule has 1 heterocycles. The maximum atomic E-state index is 11.7. The first-order valence-corrected chi connectivity index (χ1v) is 5.30. The second-order valence-corrected chi connectivity index (χ2v) is 5.14. The largest absolute Gasteiger partial charge is 0.460 e. The first-order chi connectivity index (χ1) is 6.78. The van der Waals surface area contributed by atoms with Crippen molar-refractivity contribution in [3.05, 3.63) is 0 Å². The van der Waals surface area contributed by atoms with E-state index in [9.17, 15) is 9.59 Å². The van der Waals surface area contributed by atoms with Gasteiger partial charge in [-0.3, -0.25) is 9.59 Å². The number of nitrogens with one attached hydrogen (secondary N) is 1. The lowest BCUT2D eigenvalue weighted by molar-refractivity contribution is -0.162. The number of ether oxygens (including phenoxy) is 1. The number of piperidine rings is 1. The van der Waals surface area contributed by atoms with Gasteiger partial charge >= 0.3 is 5.97 Å². The van der Waals surface area contributed by atoms with Crippen LogP contribution >= 0.6 is 0 Å². The highest BCUT2D eigenvalue weighted by molar-refractivity contribution is 5.84. The Morgan fingerprint density at radius 1 is 1.47 bits per heavy atom. The second-order valence-electron chi connectivity index (χ2n) is 5.14. The van der Waals surface area contributed by atoms with E-state index in [-0.39, 0.29) is 30.3 Å². The Kier molecular flexibility index (Phi) is 3.37. The molecule has 1 saturated heterocycles. The van der Waals surface area contributed by atoms with Gasteiger partial charge in [-0.2, -0.15) is 0 Å². The zero-order chi connectivity index (χ0) is 11.6. The number of hydrogen-bond acceptors (Lipinski definition) is 3. The van der Waals surface area contributed by atoms with Gasteiger partial charge in [0.1, 0.15) is 5.60 Å². The van der Waals surface area contributed by atoms with Crippen LogP contribution in [-0.2, 0) is 14.3 Å². The summed E-state index contributed by atoms with van der Waals surface area (Å²) >= 11 is 0. The van der Waals surface area contributed by atoms with Gasteiger partial charge in [0.2, 0.25) is 5.91 Å². The molecule has 1 N–H and O–H groups in total. The van der Waals surface area contributed by atoms with Crippen LogP contribution in [0.15, 0.2) is 0 Å². The monoisotopic (exact) mass is 213 g/mol. The molecule has 0 aromatic carbocycles. The molecule has 4 nitrogen and oxygen atoms in total. The number of esters is 1. The van der Waals surface area contributed by atoms with E-state index in [0.29, 0.717) is 6.42 Å². The lowest BCUT2D eigenvalue weighted by atomic mass is 9.93. The molecular formula is C11H19NO3. The summed E-state index contributed by atoms with van der Waals surface area (Å²) in [5.74, 6) is -0.609. The normalized spacial score (nSPS) is 27.1. The molecule has 0 saturated carbocycles. The van der Waals surface area contributed by atoms with Crippen LogP contribution in [0.5, 0.6) is 0 Å². The maximum Gasteiger partial charge on any atom is 0.310 e. The minimum atomic E-state index is -0.478. The van der Waals surface area contributed by atoms with E-state index in [0.717, 1.165) is 0 Å². The van der Waals surface area contributed by atoms with Crippen molar-refractivity contribution in [2.45, 2.75) is 52.2 Å². The smallest absolute Gasteiger partial charge is 0.310 e. The standard InChI is InChI=1S/C11H19NO3/c1-7-5-8(6-9(13)12-7)10(14)15-11(2,3)4/h7-8H,5-6H2,1-4H3,(H,12,13)/t7-,8?/m0/s1. The van der Waals surface area contributed by atoms with Gasteiger partial charge in [0.05, 0.1) is 5.92 Å². The fourth-order valence-corrected chi connectivity index (χ4v) is 1.69.